The largest absolute Gasteiger partial charge is 0.490 e. The van der Waals surface area contributed by atoms with Crippen LogP contribution in [0.5, 0.6) is 5.75 Å². The average Bonchev–Trinajstić information content (AvgIpc) is 2.90. The number of halogens is 1. The zero-order valence-electron chi connectivity index (χ0n) is 10.3. The summed E-state index contributed by atoms with van der Waals surface area (Å²) in [6.45, 7) is 0.765. The lowest BCUT2D eigenvalue weighted by molar-refractivity contribution is -0.385. The van der Waals surface area contributed by atoms with Crippen molar-refractivity contribution >= 4 is 23.1 Å². The molecular weight excluding hydrogens is 272 g/mol. The van der Waals surface area contributed by atoms with Crippen LogP contribution in [0.25, 0.3) is 0 Å². The van der Waals surface area contributed by atoms with Crippen LogP contribution in [0.2, 0.25) is 5.02 Å². The topological polar surface area (TPSA) is 81.5 Å². The van der Waals surface area contributed by atoms with E-state index in [9.17, 15) is 14.9 Å². The van der Waals surface area contributed by atoms with Crippen molar-refractivity contribution < 1.29 is 14.5 Å². The van der Waals surface area contributed by atoms with E-state index in [0.717, 1.165) is 13.0 Å². The number of hydrogen-bond acceptors (Lipinski definition) is 5. The molecule has 6 nitrogen and oxygen atoms in total. The van der Waals surface area contributed by atoms with Crippen LogP contribution in [0.15, 0.2) is 12.1 Å². The van der Waals surface area contributed by atoms with Crippen molar-refractivity contribution in [3.05, 3.63) is 32.8 Å². The van der Waals surface area contributed by atoms with E-state index in [1.807, 2.05) is 0 Å². The molecule has 7 heteroatoms. The van der Waals surface area contributed by atoms with E-state index >= 15 is 0 Å². The highest BCUT2D eigenvalue weighted by Gasteiger charge is 2.30. The second-order valence-electron chi connectivity index (χ2n) is 4.28. The number of nitrogens with zero attached hydrogens (tertiary/aromatic N) is 1. The second kappa shape index (κ2) is 5.54. The van der Waals surface area contributed by atoms with E-state index in [-0.39, 0.29) is 33.8 Å². The first kappa shape index (κ1) is 13.8. The first-order valence-corrected chi connectivity index (χ1v) is 6.22. The summed E-state index contributed by atoms with van der Waals surface area (Å²) < 4.78 is 5.02. The lowest BCUT2D eigenvalue weighted by Crippen LogP contribution is -2.31. The molecule has 1 unspecified atom stereocenters. The maximum atomic E-state index is 12.3. The highest BCUT2D eigenvalue weighted by atomic mass is 35.5. The Labute approximate surface area is 114 Å². The molecule has 0 spiro atoms. The minimum Gasteiger partial charge on any atom is -0.490 e. The van der Waals surface area contributed by atoms with Gasteiger partial charge in [0.05, 0.1) is 23.6 Å². The van der Waals surface area contributed by atoms with Crippen molar-refractivity contribution in [1.29, 1.82) is 0 Å². The molecule has 0 radical (unpaired) electrons. The zero-order valence-corrected chi connectivity index (χ0v) is 11.1. The number of carbonyl (C=O) groups excluding carboxylic acids is 1. The number of rotatable bonds is 4. The molecule has 19 heavy (non-hydrogen) atoms. The maximum absolute atomic E-state index is 12.3. The van der Waals surface area contributed by atoms with Gasteiger partial charge in [-0.2, -0.15) is 0 Å². The van der Waals surface area contributed by atoms with Gasteiger partial charge in [-0.1, -0.05) is 11.6 Å². The number of ketones is 1. The van der Waals surface area contributed by atoms with Crippen LogP contribution in [0.1, 0.15) is 23.2 Å². The fraction of sp³-hybridized carbons (Fsp3) is 0.417. The van der Waals surface area contributed by atoms with Crippen molar-refractivity contribution in [3.63, 3.8) is 0 Å². The quantitative estimate of drug-likeness (QED) is 0.521. The summed E-state index contributed by atoms with van der Waals surface area (Å²) in [6.07, 6.45) is 1.61. The molecule has 0 amide bonds. The molecule has 0 saturated carbocycles. The number of nitro groups is 1. The minimum absolute atomic E-state index is 0.0342. The number of nitro benzene ring substituents is 1. The molecular formula is C12H13ClN2O4. The molecule has 1 atom stereocenters. The van der Waals surface area contributed by atoms with Crippen LogP contribution in [-0.2, 0) is 0 Å². The Bertz CT molecular complexity index is 527. The molecule has 0 bridgehead atoms. The van der Waals surface area contributed by atoms with Crippen LogP contribution >= 0.6 is 11.6 Å². The molecule has 1 saturated heterocycles. The fourth-order valence-corrected chi connectivity index (χ4v) is 2.42. The van der Waals surface area contributed by atoms with Crippen LogP contribution in [0.4, 0.5) is 5.69 Å². The molecule has 1 aliphatic rings. The molecule has 2 rings (SSSR count). The van der Waals surface area contributed by atoms with Gasteiger partial charge < -0.3 is 10.1 Å². The maximum Gasteiger partial charge on any atom is 0.313 e. The van der Waals surface area contributed by atoms with E-state index in [0.29, 0.717) is 6.42 Å². The minimum atomic E-state index is -0.608. The van der Waals surface area contributed by atoms with Crippen molar-refractivity contribution in [1.82, 2.24) is 5.32 Å². The van der Waals surface area contributed by atoms with E-state index in [1.54, 1.807) is 0 Å². The number of nitrogens with one attached hydrogen (secondary N) is 1. The van der Waals surface area contributed by atoms with Gasteiger partial charge in [0.15, 0.2) is 5.78 Å². The third-order valence-electron chi connectivity index (χ3n) is 3.08. The van der Waals surface area contributed by atoms with Crippen molar-refractivity contribution in [3.8, 4) is 5.75 Å². The average molecular weight is 285 g/mol. The van der Waals surface area contributed by atoms with E-state index in [2.05, 4.69) is 5.32 Å². The normalized spacial score (nSPS) is 18.3. The monoisotopic (exact) mass is 284 g/mol. The molecule has 0 aliphatic carbocycles. The predicted octanol–water partition coefficient (Wildman–Crippen LogP) is 2.19. The molecule has 1 heterocycles. The Morgan fingerprint density at radius 3 is 2.84 bits per heavy atom. The number of ether oxygens (including phenoxy) is 1. The van der Waals surface area contributed by atoms with Gasteiger partial charge in [-0.15, -0.1) is 0 Å². The van der Waals surface area contributed by atoms with Crippen LogP contribution in [0.3, 0.4) is 0 Å². The summed E-state index contributed by atoms with van der Waals surface area (Å²) in [7, 11) is 1.30. The third kappa shape index (κ3) is 2.69. The highest BCUT2D eigenvalue weighted by molar-refractivity contribution is 6.31. The Morgan fingerprint density at radius 2 is 2.32 bits per heavy atom. The van der Waals surface area contributed by atoms with Crippen LogP contribution in [-0.4, -0.2) is 30.4 Å². The predicted molar refractivity (Wildman–Crippen MR) is 70.0 cm³/mol. The number of hydrogen-bond donors (Lipinski definition) is 1. The lowest BCUT2D eigenvalue weighted by atomic mass is 10.0. The Kier molecular flexibility index (Phi) is 4.01. The lowest BCUT2D eigenvalue weighted by Gasteiger charge is -2.13. The zero-order chi connectivity index (χ0) is 14.0. The van der Waals surface area contributed by atoms with E-state index in [1.165, 1.54) is 19.2 Å². The van der Waals surface area contributed by atoms with Crippen molar-refractivity contribution in [2.24, 2.45) is 0 Å². The van der Waals surface area contributed by atoms with Gasteiger partial charge in [-0.3, -0.25) is 14.9 Å². The number of Topliss-reactive ketones (excluding diaryl/α,β-unsaturated/α-hetero) is 1. The second-order valence-corrected chi connectivity index (χ2v) is 4.71. The summed E-state index contributed by atoms with van der Waals surface area (Å²) in [5.74, 6) is -0.256. The summed E-state index contributed by atoms with van der Waals surface area (Å²) in [5.41, 5.74) is -0.141. The van der Waals surface area contributed by atoms with Crippen molar-refractivity contribution in [2.75, 3.05) is 13.7 Å². The van der Waals surface area contributed by atoms with Crippen LogP contribution in [0, 0.1) is 10.1 Å². The molecule has 102 valence electrons. The Balaban J connectivity index is 2.48. The first-order valence-electron chi connectivity index (χ1n) is 5.84. The van der Waals surface area contributed by atoms with E-state index in [4.69, 9.17) is 16.3 Å². The van der Waals surface area contributed by atoms with Gasteiger partial charge in [0.2, 0.25) is 5.75 Å². The third-order valence-corrected chi connectivity index (χ3v) is 3.30. The Morgan fingerprint density at radius 1 is 1.58 bits per heavy atom. The molecule has 1 aliphatic heterocycles. The van der Waals surface area contributed by atoms with Gasteiger partial charge in [0.1, 0.15) is 0 Å². The fourth-order valence-electron chi connectivity index (χ4n) is 2.21. The Hall–Kier alpha value is -1.66. The summed E-state index contributed by atoms with van der Waals surface area (Å²) in [6, 6.07) is 2.27. The van der Waals surface area contributed by atoms with Crippen LogP contribution < -0.4 is 10.1 Å². The summed E-state index contributed by atoms with van der Waals surface area (Å²) in [4.78, 5) is 22.7. The molecule has 0 aromatic heterocycles. The summed E-state index contributed by atoms with van der Waals surface area (Å²) in [5, 5.41) is 14.2. The smallest absolute Gasteiger partial charge is 0.313 e. The molecule has 1 fully saturated rings. The number of carbonyl (C=O) groups is 1. The number of methoxy groups -OCH3 is 1. The SMILES string of the molecule is COc1c(C(=O)C2CCCN2)cc(Cl)cc1[N+](=O)[O-]. The molecule has 1 aromatic rings. The van der Waals surface area contributed by atoms with Crippen molar-refractivity contribution in [2.45, 2.75) is 18.9 Å². The van der Waals surface area contributed by atoms with E-state index < -0.39 is 4.92 Å². The molecule has 1 N–H and O–H groups in total. The first-order chi connectivity index (χ1) is 9.04. The van der Waals surface area contributed by atoms with Gasteiger partial charge in [0, 0.05) is 11.1 Å². The highest BCUT2D eigenvalue weighted by Crippen LogP contribution is 2.35. The van der Waals surface area contributed by atoms with Gasteiger partial charge in [-0.05, 0) is 25.5 Å². The summed E-state index contributed by atoms with van der Waals surface area (Å²) >= 11 is 5.84. The van der Waals surface area contributed by atoms with Gasteiger partial charge >= 0.3 is 5.69 Å². The standard InChI is InChI=1S/C12H13ClN2O4/c1-19-12-8(11(16)9-3-2-4-14-9)5-7(13)6-10(12)15(17)18/h5-6,9,14H,2-4H2,1H3. The molecule has 1 aromatic carbocycles. The van der Waals surface area contributed by atoms with Gasteiger partial charge in [0.25, 0.3) is 0 Å². The number of benzene rings is 1. The van der Waals surface area contributed by atoms with Gasteiger partial charge in [-0.25, -0.2) is 0 Å².